The number of nitrogens with zero attached hydrogens (tertiary/aromatic N) is 2. The van der Waals surface area contributed by atoms with Crippen LogP contribution in [0.1, 0.15) is 23.5 Å². The number of piperazine rings is 1. The number of amides is 2. The number of likely N-dealkylation sites (N-methyl/N-ethyl adjacent to an activating group) is 1. The van der Waals surface area contributed by atoms with Crippen LogP contribution < -0.4 is 15.5 Å². The van der Waals surface area contributed by atoms with Gasteiger partial charge in [0.15, 0.2) is 0 Å². The van der Waals surface area contributed by atoms with Gasteiger partial charge >= 0.3 is 0 Å². The number of carbonyl (C=O) groups is 2. The summed E-state index contributed by atoms with van der Waals surface area (Å²) >= 11 is 1.26. The summed E-state index contributed by atoms with van der Waals surface area (Å²) in [5.74, 6) is -0.315. The molecule has 0 atom stereocenters. The van der Waals surface area contributed by atoms with Gasteiger partial charge in [-0.3, -0.25) is 9.59 Å². The van der Waals surface area contributed by atoms with Crippen LogP contribution in [0.4, 0.5) is 16.4 Å². The number of rotatable bonds is 5. The van der Waals surface area contributed by atoms with Gasteiger partial charge in [0.05, 0.1) is 9.88 Å². The highest BCUT2D eigenvalue weighted by Gasteiger charge is 2.16. The summed E-state index contributed by atoms with van der Waals surface area (Å²) in [4.78, 5) is 28.8. The number of nitrogens with one attached hydrogen (secondary N) is 2. The predicted molar refractivity (Wildman–Crippen MR) is 107 cm³/mol. The van der Waals surface area contributed by atoms with Crippen molar-refractivity contribution < 1.29 is 9.59 Å². The van der Waals surface area contributed by atoms with Crippen molar-refractivity contribution in [3.8, 4) is 0 Å². The lowest BCUT2D eigenvalue weighted by Crippen LogP contribution is -2.46. The number of carbonyl (C=O) groups excluding carboxylic acids is 2. The van der Waals surface area contributed by atoms with Gasteiger partial charge < -0.3 is 20.4 Å². The topological polar surface area (TPSA) is 64.7 Å². The smallest absolute Gasteiger partial charge is 0.265 e. The Hall–Kier alpha value is -2.38. The largest absolute Gasteiger partial charge is 0.369 e. The fourth-order valence-electron chi connectivity index (χ4n) is 2.97. The molecule has 0 saturated carbocycles. The highest BCUT2D eigenvalue weighted by atomic mass is 32.1. The average Bonchev–Trinajstić information content (AvgIpc) is 3.10. The van der Waals surface area contributed by atoms with E-state index in [2.05, 4.69) is 27.4 Å². The standard InChI is InChI=1S/C19H24N4O2S/c1-3-22-10-12-23(13-11-22)16-6-4-15(5-7-16)21-19(25)17-8-9-18(26-17)20-14(2)24/h4-9H,3,10-13H2,1-2H3,(H,20,24)(H,21,25). The Morgan fingerprint density at radius 3 is 2.31 bits per heavy atom. The summed E-state index contributed by atoms with van der Waals surface area (Å²) in [7, 11) is 0. The minimum Gasteiger partial charge on any atom is -0.369 e. The van der Waals surface area contributed by atoms with Crippen molar-refractivity contribution in [1.82, 2.24) is 4.90 Å². The van der Waals surface area contributed by atoms with Gasteiger partial charge in [-0.1, -0.05) is 6.92 Å². The van der Waals surface area contributed by atoms with Crippen molar-refractivity contribution in [1.29, 1.82) is 0 Å². The summed E-state index contributed by atoms with van der Waals surface area (Å²) in [6.45, 7) is 8.98. The first-order valence-electron chi connectivity index (χ1n) is 8.81. The third-order valence-corrected chi connectivity index (χ3v) is 5.44. The number of hydrogen-bond donors (Lipinski definition) is 2. The highest BCUT2D eigenvalue weighted by Crippen LogP contribution is 2.24. The molecule has 1 aromatic heterocycles. The Morgan fingerprint density at radius 1 is 1.00 bits per heavy atom. The van der Waals surface area contributed by atoms with E-state index in [4.69, 9.17) is 0 Å². The van der Waals surface area contributed by atoms with Crippen LogP contribution in [-0.2, 0) is 4.79 Å². The second-order valence-corrected chi connectivity index (χ2v) is 7.35. The molecule has 138 valence electrons. The maximum absolute atomic E-state index is 12.3. The van der Waals surface area contributed by atoms with Gasteiger partial charge in [-0.05, 0) is 42.9 Å². The van der Waals surface area contributed by atoms with Crippen LogP contribution in [0, 0.1) is 0 Å². The normalized spacial score (nSPS) is 14.9. The average molecular weight is 372 g/mol. The van der Waals surface area contributed by atoms with Gasteiger partial charge in [0, 0.05) is 44.5 Å². The first kappa shape index (κ1) is 18.4. The maximum Gasteiger partial charge on any atom is 0.265 e. The van der Waals surface area contributed by atoms with E-state index in [1.54, 1.807) is 12.1 Å². The minimum atomic E-state index is -0.170. The molecule has 2 amide bonds. The highest BCUT2D eigenvalue weighted by molar-refractivity contribution is 7.18. The molecule has 1 aliphatic rings. The van der Waals surface area contributed by atoms with Crippen LogP contribution in [-0.4, -0.2) is 49.4 Å². The third kappa shape index (κ3) is 4.62. The fraction of sp³-hybridized carbons (Fsp3) is 0.368. The van der Waals surface area contributed by atoms with Gasteiger partial charge in [0.25, 0.3) is 5.91 Å². The molecule has 0 radical (unpaired) electrons. The summed E-state index contributed by atoms with van der Waals surface area (Å²) in [6, 6.07) is 11.4. The van der Waals surface area contributed by atoms with E-state index in [-0.39, 0.29) is 11.8 Å². The van der Waals surface area contributed by atoms with Crippen molar-refractivity contribution in [2.45, 2.75) is 13.8 Å². The molecule has 1 saturated heterocycles. The van der Waals surface area contributed by atoms with Crippen molar-refractivity contribution >= 4 is 39.5 Å². The van der Waals surface area contributed by atoms with E-state index in [1.165, 1.54) is 23.9 Å². The number of anilines is 3. The van der Waals surface area contributed by atoms with E-state index in [0.717, 1.165) is 38.4 Å². The summed E-state index contributed by atoms with van der Waals surface area (Å²) in [5.41, 5.74) is 1.95. The predicted octanol–water partition coefficient (Wildman–Crippen LogP) is 3.10. The van der Waals surface area contributed by atoms with Crippen LogP contribution in [0.25, 0.3) is 0 Å². The maximum atomic E-state index is 12.3. The lowest BCUT2D eigenvalue weighted by atomic mass is 10.2. The van der Waals surface area contributed by atoms with Crippen LogP contribution in [0.3, 0.4) is 0 Å². The monoisotopic (exact) mass is 372 g/mol. The zero-order chi connectivity index (χ0) is 18.5. The van der Waals surface area contributed by atoms with Gasteiger partial charge in [-0.25, -0.2) is 0 Å². The van der Waals surface area contributed by atoms with Gasteiger partial charge in [-0.2, -0.15) is 0 Å². The van der Waals surface area contributed by atoms with Crippen molar-refractivity contribution in [3.63, 3.8) is 0 Å². The third-order valence-electron chi connectivity index (χ3n) is 4.44. The van der Waals surface area contributed by atoms with E-state index < -0.39 is 0 Å². The molecule has 1 aromatic carbocycles. The molecule has 0 unspecified atom stereocenters. The van der Waals surface area contributed by atoms with E-state index in [1.807, 2.05) is 24.3 Å². The molecular formula is C19H24N4O2S. The van der Waals surface area contributed by atoms with Crippen molar-refractivity contribution in [3.05, 3.63) is 41.3 Å². The fourth-order valence-corrected chi connectivity index (χ4v) is 3.82. The Kier molecular flexibility index (Phi) is 5.90. The number of benzene rings is 1. The summed E-state index contributed by atoms with van der Waals surface area (Å²) in [5, 5.41) is 6.26. The Labute approximate surface area is 157 Å². The molecule has 3 rings (SSSR count). The molecular weight excluding hydrogens is 348 g/mol. The molecule has 2 heterocycles. The number of hydrogen-bond acceptors (Lipinski definition) is 5. The Balaban J connectivity index is 1.58. The van der Waals surface area contributed by atoms with Crippen LogP contribution in [0.5, 0.6) is 0 Å². The Morgan fingerprint density at radius 2 is 1.69 bits per heavy atom. The van der Waals surface area contributed by atoms with Crippen LogP contribution >= 0.6 is 11.3 Å². The molecule has 26 heavy (non-hydrogen) atoms. The molecule has 0 bridgehead atoms. The molecule has 6 nitrogen and oxygen atoms in total. The van der Waals surface area contributed by atoms with E-state index >= 15 is 0 Å². The lowest BCUT2D eigenvalue weighted by Gasteiger charge is -2.35. The zero-order valence-corrected chi connectivity index (χ0v) is 15.9. The van der Waals surface area contributed by atoms with Crippen molar-refractivity contribution in [2.75, 3.05) is 48.3 Å². The molecule has 2 aromatic rings. The Bertz CT molecular complexity index is 764. The van der Waals surface area contributed by atoms with Crippen molar-refractivity contribution in [2.24, 2.45) is 0 Å². The van der Waals surface area contributed by atoms with Gasteiger partial charge in [-0.15, -0.1) is 11.3 Å². The summed E-state index contributed by atoms with van der Waals surface area (Å²) < 4.78 is 0. The second kappa shape index (κ2) is 8.33. The van der Waals surface area contributed by atoms with Crippen LogP contribution in [0.2, 0.25) is 0 Å². The molecule has 7 heteroatoms. The van der Waals surface area contributed by atoms with E-state index in [0.29, 0.717) is 9.88 Å². The number of thiophene rings is 1. The quantitative estimate of drug-likeness (QED) is 0.846. The van der Waals surface area contributed by atoms with Gasteiger partial charge in [0.1, 0.15) is 0 Å². The second-order valence-electron chi connectivity index (χ2n) is 6.27. The molecule has 2 N–H and O–H groups in total. The zero-order valence-electron chi connectivity index (χ0n) is 15.1. The molecule has 1 fully saturated rings. The van der Waals surface area contributed by atoms with E-state index in [9.17, 15) is 9.59 Å². The molecule has 0 aliphatic carbocycles. The first-order chi connectivity index (χ1) is 12.5. The minimum absolute atomic E-state index is 0.144. The van der Waals surface area contributed by atoms with Crippen LogP contribution in [0.15, 0.2) is 36.4 Å². The van der Waals surface area contributed by atoms with Gasteiger partial charge in [0.2, 0.25) is 5.91 Å². The summed E-state index contributed by atoms with van der Waals surface area (Å²) in [6.07, 6.45) is 0. The first-order valence-corrected chi connectivity index (χ1v) is 9.63. The molecule has 0 spiro atoms. The SMILES string of the molecule is CCN1CCN(c2ccc(NC(=O)c3ccc(NC(C)=O)s3)cc2)CC1. The molecule has 1 aliphatic heterocycles. The lowest BCUT2D eigenvalue weighted by molar-refractivity contribution is -0.114.